The second-order valence-electron chi connectivity index (χ2n) is 8.25. The van der Waals surface area contributed by atoms with Crippen LogP contribution in [0.5, 0.6) is 0 Å². The van der Waals surface area contributed by atoms with Gasteiger partial charge in [0.2, 0.25) is 0 Å². The Labute approximate surface area is 203 Å². The van der Waals surface area contributed by atoms with E-state index in [2.05, 4.69) is 15.5 Å². The summed E-state index contributed by atoms with van der Waals surface area (Å²) in [6, 6.07) is 10.1. The van der Waals surface area contributed by atoms with Crippen molar-refractivity contribution in [2.45, 2.75) is 32.1 Å². The Morgan fingerprint density at radius 1 is 1.00 bits per heavy atom. The van der Waals surface area contributed by atoms with E-state index in [4.69, 9.17) is 23.8 Å². The maximum atomic E-state index is 12.8. The van der Waals surface area contributed by atoms with E-state index in [1.54, 1.807) is 12.1 Å². The fourth-order valence-corrected chi connectivity index (χ4v) is 4.92. The number of thiocarbonyl (C=S) groups is 1. The molecule has 4 rings (SSSR count). The molecule has 0 saturated carbocycles. The molecule has 0 bridgehead atoms. The minimum absolute atomic E-state index is 0.0781. The predicted molar refractivity (Wildman–Crippen MR) is 136 cm³/mol. The van der Waals surface area contributed by atoms with Gasteiger partial charge < -0.3 is 15.1 Å². The number of piperidine rings is 1. The van der Waals surface area contributed by atoms with E-state index in [0.717, 1.165) is 57.5 Å². The molecule has 0 radical (unpaired) electrons. The summed E-state index contributed by atoms with van der Waals surface area (Å²) in [7, 11) is 0. The lowest BCUT2D eigenvalue weighted by Gasteiger charge is -2.31. The molecule has 2 saturated heterocycles. The van der Waals surface area contributed by atoms with E-state index in [1.807, 2.05) is 23.1 Å². The summed E-state index contributed by atoms with van der Waals surface area (Å²) in [4.78, 5) is 28.2. The molecule has 33 heavy (non-hydrogen) atoms. The van der Waals surface area contributed by atoms with Crippen molar-refractivity contribution >= 4 is 57.6 Å². The van der Waals surface area contributed by atoms with Crippen LogP contribution >= 0.6 is 23.8 Å². The van der Waals surface area contributed by atoms with E-state index in [9.17, 15) is 14.9 Å². The number of hydrogen-bond donors (Lipinski definition) is 2. The molecule has 0 aromatic heterocycles. The van der Waals surface area contributed by atoms with Gasteiger partial charge in [0.15, 0.2) is 5.11 Å². The molecule has 10 heteroatoms. The first-order valence-electron chi connectivity index (χ1n) is 11.1. The Bertz CT molecular complexity index is 1070. The van der Waals surface area contributed by atoms with Gasteiger partial charge in [-0.05, 0) is 68.6 Å². The van der Waals surface area contributed by atoms with Crippen LogP contribution < -0.4 is 20.4 Å². The second kappa shape index (κ2) is 10.4. The number of carbonyl (C=O) groups excluding carboxylic acids is 1. The standard InChI is InChI=1S/C23H26ClN5O3S/c24-17-7-6-8-18(21(17)28-13-2-1-3-14-28)25-23(33)26-22(30)16-9-10-19(20(15-16)29(31)32)27-11-4-5-12-27/h6-10,15H,1-5,11-14H2,(H2,25,26,30,33). The Hall–Kier alpha value is -2.91. The first-order chi connectivity index (χ1) is 15.9. The number of nitro benzene ring substituents is 1. The zero-order chi connectivity index (χ0) is 23.4. The van der Waals surface area contributed by atoms with Gasteiger partial charge in [0.05, 0.1) is 21.3 Å². The average Bonchev–Trinajstić information content (AvgIpc) is 3.34. The maximum Gasteiger partial charge on any atom is 0.293 e. The molecule has 2 aromatic carbocycles. The van der Waals surface area contributed by atoms with Gasteiger partial charge in [0, 0.05) is 37.8 Å². The molecule has 1 amide bonds. The number of hydrogen-bond acceptors (Lipinski definition) is 6. The number of amides is 1. The Kier molecular flexibility index (Phi) is 7.29. The van der Waals surface area contributed by atoms with Gasteiger partial charge in [0.1, 0.15) is 5.69 Å². The summed E-state index contributed by atoms with van der Waals surface area (Å²) in [5, 5.41) is 18.1. The summed E-state index contributed by atoms with van der Waals surface area (Å²) in [5.41, 5.74) is 2.22. The van der Waals surface area contributed by atoms with Crippen molar-refractivity contribution in [1.29, 1.82) is 0 Å². The summed E-state index contributed by atoms with van der Waals surface area (Å²) in [5.74, 6) is -0.509. The van der Waals surface area contributed by atoms with Crippen LogP contribution in [0.2, 0.25) is 5.02 Å². The van der Waals surface area contributed by atoms with Crippen molar-refractivity contribution in [2.75, 3.05) is 41.3 Å². The summed E-state index contributed by atoms with van der Waals surface area (Å²) in [6.45, 7) is 3.37. The maximum absolute atomic E-state index is 12.8. The third-order valence-electron chi connectivity index (χ3n) is 6.02. The van der Waals surface area contributed by atoms with Crippen molar-refractivity contribution in [1.82, 2.24) is 5.32 Å². The lowest BCUT2D eigenvalue weighted by molar-refractivity contribution is -0.384. The quantitative estimate of drug-likeness (QED) is 0.349. The summed E-state index contributed by atoms with van der Waals surface area (Å²) < 4.78 is 0. The lowest BCUT2D eigenvalue weighted by atomic mass is 10.1. The van der Waals surface area contributed by atoms with Crippen LogP contribution in [0.15, 0.2) is 36.4 Å². The Morgan fingerprint density at radius 2 is 1.67 bits per heavy atom. The highest BCUT2D eigenvalue weighted by Crippen LogP contribution is 2.36. The Morgan fingerprint density at radius 3 is 2.36 bits per heavy atom. The molecule has 2 aliphatic heterocycles. The molecule has 8 nitrogen and oxygen atoms in total. The van der Waals surface area contributed by atoms with E-state index >= 15 is 0 Å². The highest BCUT2D eigenvalue weighted by molar-refractivity contribution is 7.80. The molecule has 2 fully saturated rings. The third-order valence-corrected chi connectivity index (χ3v) is 6.52. The molecule has 2 N–H and O–H groups in total. The molecule has 0 spiro atoms. The molecule has 2 aliphatic rings. The first-order valence-corrected chi connectivity index (χ1v) is 11.9. The number of anilines is 3. The van der Waals surface area contributed by atoms with Gasteiger partial charge >= 0.3 is 0 Å². The smallest absolute Gasteiger partial charge is 0.293 e. The van der Waals surface area contributed by atoms with Crippen molar-refractivity contribution < 1.29 is 9.72 Å². The molecular weight excluding hydrogens is 462 g/mol. The fourth-order valence-electron chi connectivity index (χ4n) is 4.42. The van der Waals surface area contributed by atoms with Gasteiger partial charge in [-0.3, -0.25) is 20.2 Å². The molecule has 2 heterocycles. The van der Waals surface area contributed by atoms with Crippen LogP contribution in [-0.2, 0) is 0 Å². The average molecular weight is 488 g/mol. The van der Waals surface area contributed by atoms with Crippen molar-refractivity contribution in [3.05, 3.63) is 57.1 Å². The number of rotatable bonds is 5. The summed E-state index contributed by atoms with van der Waals surface area (Å²) >= 11 is 11.9. The Balaban J connectivity index is 1.48. The molecule has 0 atom stereocenters. The van der Waals surface area contributed by atoms with E-state index < -0.39 is 10.8 Å². The number of benzene rings is 2. The van der Waals surface area contributed by atoms with Crippen LogP contribution in [0.25, 0.3) is 0 Å². The van der Waals surface area contributed by atoms with Crippen LogP contribution in [-0.4, -0.2) is 42.1 Å². The van der Waals surface area contributed by atoms with Gasteiger partial charge in [0.25, 0.3) is 11.6 Å². The SMILES string of the molecule is O=C(NC(=S)Nc1cccc(Cl)c1N1CCCCC1)c1ccc(N2CCCC2)c([N+](=O)[O-])c1. The monoisotopic (exact) mass is 487 g/mol. The molecule has 0 aliphatic carbocycles. The number of nitrogens with one attached hydrogen (secondary N) is 2. The zero-order valence-electron chi connectivity index (χ0n) is 18.2. The molecule has 0 unspecified atom stereocenters. The van der Waals surface area contributed by atoms with Gasteiger partial charge in [-0.2, -0.15) is 0 Å². The molecule has 174 valence electrons. The minimum Gasteiger partial charge on any atom is -0.369 e. The van der Waals surface area contributed by atoms with Crippen molar-refractivity contribution in [3.63, 3.8) is 0 Å². The van der Waals surface area contributed by atoms with Gasteiger partial charge in [-0.1, -0.05) is 17.7 Å². The molecular formula is C23H26ClN5O3S. The van der Waals surface area contributed by atoms with Crippen molar-refractivity contribution in [2.24, 2.45) is 0 Å². The number of nitrogens with zero attached hydrogens (tertiary/aromatic N) is 3. The van der Waals surface area contributed by atoms with Crippen LogP contribution in [0, 0.1) is 10.1 Å². The van der Waals surface area contributed by atoms with Crippen molar-refractivity contribution in [3.8, 4) is 0 Å². The zero-order valence-corrected chi connectivity index (χ0v) is 19.8. The fraction of sp³-hybridized carbons (Fsp3) is 0.391. The van der Waals surface area contributed by atoms with E-state index in [0.29, 0.717) is 16.4 Å². The predicted octanol–water partition coefficient (Wildman–Crippen LogP) is 4.97. The van der Waals surface area contributed by atoms with Gasteiger partial charge in [-0.15, -0.1) is 0 Å². The molecule has 2 aromatic rings. The van der Waals surface area contributed by atoms with E-state index in [1.165, 1.54) is 12.5 Å². The first kappa shape index (κ1) is 23.3. The minimum atomic E-state index is -0.509. The number of nitro groups is 1. The van der Waals surface area contributed by atoms with E-state index in [-0.39, 0.29) is 16.4 Å². The highest BCUT2D eigenvalue weighted by Gasteiger charge is 2.24. The topological polar surface area (TPSA) is 90.8 Å². The highest BCUT2D eigenvalue weighted by atomic mass is 35.5. The largest absolute Gasteiger partial charge is 0.369 e. The number of halogens is 1. The summed E-state index contributed by atoms with van der Waals surface area (Å²) in [6.07, 6.45) is 5.39. The second-order valence-corrected chi connectivity index (χ2v) is 9.06. The van der Waals surface area contributed by atoms with Gasteiger partial charge in [-0.25, -0.2) is 0 Å². The lowest BCUT2D eigenvalue weighted by Crippen LogP contribution is -2.35. The number of carbonyl (C=O) groups is 1. The van der Waals surface area contributed by atoms with Crippen LogP contribution in [0.3, 0.4) is 0 Å². The van der Waals surface area contributed by atoms with Crippen LogP contribution in [0.1, 0.15) is 42.5 Å². The third kappa shape index (κ3) is 5.36. The number of para-hydroxylation sites is 1. The normalized spacial score (nSPS) is 15.9. The van der Waals surface area contributed by atoms with Crippen LogP contribution in [0.4, 0.5) is 22.7 Å².